The highest BCUT2D eigenvalue weighted by atomic mass is 28.3. The van der Waals surface area contributed by atoms with Crippen molar-refractivity contribution in [1.82, 2.24) is 4.98 Å². The molecule has 0 aliphatic heterocycles. The summed E-state index contributed by atoms with van der Waals surface area (Å²) in [5, 5.41) is 4.16. The Morgan fingerprint density at radius 2 is 0.833 bits per heavy atom. The van der Waals surface area contributed by atoms with Gasteiger partial charge in [-0.15, -0.1) is 0 Å². The summed E-state index contributed by atoms with van der Waals surface area (Å²) < 4.78 is 0. The Morgan fingerprint density at radius 1 is 0.542 bits per heavy atom. The van der Waals surface area contributed by atoms with Gasteiger partial charge in [-0.1, -0.05) is 91.0 Å². The Bertz CT molecular complexity index is 665. The van der Waals surface area contributed by atoms with Gasteiger partial charge < -0.3 is 4.98 Å². The van der Waals surface area contributed by atoms with E-state index in [-0.39, 0.29) is 5.54 Å². The highest BCUT2D eigenvalue weighted by Gasteiger charge is 2.42. The van der Waals surface area contributed by atoms with Crippen LogP contribution in [0.3, 0.4) is 0 Å². The first-order chi connectivity index (χ1) is 11.5. The number of hydrogen-bond donors (Lipinski definition) is 1. The lowest BCUT2D eigenvalue weighted by Gasteiger charge is -2.40. The van der Waals surface area contributed by atoms with Gasteiger partial charge in [0, 0.05) is 5.54 Å². The summed E-state index contributed by atoms with van der Waals surface area (Å²) in [6.07, 6.45) is 0. The van der Waals surface area contributed by atoms with Crippen molar-refractivity contribution in [1.29, 1.82) is 0 Å². The van der Waals surface area contributed by atoms with Gasteiger partial charge in [-0.25, -0.2) is 0 Å². The molecular formula is C22H25NSi. The van der Waals surface area contributed by atoms with Crippen molar-refractivity contribution in [2.45, 2.75) is 26.3 Å². The van der Waals surface area contributed by atoms with Crippen molar-refractivity contribution in [2.75, 3.05) is 0 Å². The number of benzene rings is 3. The van der Waals surface area contributed by atoms with Crippen molar-refractivity contribution < 1.29 is 0 Å². The van der Waals surface area contributed by atoms with E-state index in [1.165, 1.54) is 15.6 Å². The zero-order valence-electron chi connectivity index (χ0n) is 14.7. The minimum absolute atomic E-state index is 0.00769. The Hall–Kier alpha value is -2.16. The molecule has 3 aromatic carbocycles. The second kappa shape index (κ2) is 6.76. The van der Waals surface area contributed by atoms with E-state index in [1.54, 1.807) is 0 Å². The van der Waals surface area contributed by atoms with Gasteiger partial charge in [-0.2, -0.15) is 0 Å². The Morgan fingerprint density at radius 3 is 1.08 bits per heavy atom. The molecule has 0 unspecified atom stereocenters. The van der Waals surface area contributed by atoms with E-state index in [2.05, 4.69) is 117 Å². The molecule has 24 heavy (non-hydrogen) atoms. The number of hydrogen-bond acceptors (Lipinski definition) is 1. The van der Waals surface area contributed by atoms with Gasteiger partial charge >= 0.3 is 0 Å². The molecule has 0 saturated heterocycles. The molecule has 1 N–H and O–H groups in total. The third kappa shape index (κ3) is 3.35. The molecule has 122 valence electrons. The molecule has 0 atom stereocenters. The lowest BCUT2D eigenvalue weighted by Crippen LogP contribution is -2.79. The molecule has 0 saturated carbocycles. The summed E-state index contributed by atoms with van der Waals surface area (Å²) in [6.45, 7) is 6.76. The summed E-state index contributed by atoms with van der Waals surface area (Å²) in [5.41, 5.74) is 0.00769. The summed E-state index contributed by atoms with van der Waals surface area (Å²) in [4.78, 5) is 4.06. The first-order valence-corrected chi connectivity index (χ1v) is 10.5. The molecule has 0 spiro atoms. The highest BCUT2D eigenvalue weighted by molar-refractivity contribution is 7.09. The quantitative estimate of drug-likeness (QED) is 0.572. The first kappa shape index (κ1) is 16.7. The van der Waals surface area contributed by atoms with Crippen molar-refractivity contribution >= 4 is 23.8 Å². The van der Waals surface area contributed by atoms with Crippen molar-refractivity contribution in [2.24, 2.45) is 0 Å². The molecular weight excluding hydrogens is 306 g/mol. The average molecular weight is 332 g/mol. The van der Waals surface area contributed by atoms with Gasteiger partial charge in [0.25, 0.3) is 0 Å². The lowest BCUT2D eigenvalue weighted by molar-refractivity contribution is 0.518. The van der Waals surface area contributed by atoms with Gasteiger partial charge in [0.05, 0.1) is 0 Å². The van der Waals surface area contributed by atoms with Crippen LogP contribution in [0.25, 0.3) is 0 Å². The van der Waals surface area contributed by atoms with Gasteiger partial charge in [0.15, 0.2) is 0 Å². The maximum absolute atomic E-state index is 4.06. The molecule has 0 heterocycles. The van der Waals surface area contributed by atoms with Crippen molar-refractivity contribution in [3.63, 3.8) is 0 Å². The van der Waals surface area contributed by atoms with Crippen LogP contribution in [0.5, 0.6) is 0 Å². The van der Waals surface area contributed by atoms with Crippen molar-refractivity contribution in [3.05, 3.63) is 91.0 Å². The molecule has 3 rings (SSSR count). The Balaban J connectivity index is 2.33. The third-order valence-corrected chi connectivity index (χ3v) is 8.91. The monoisotopic (exact) mass is 331 g/mol. The zero-order valence-corrected chi connectivity index (χ0v) is 15.7. The second-order valence-electron chi connectivity index (χ2n) is 7.22. The largest absolute Gasteiger partial charge is 0.322 e. The van der Waals surface area contributed by atoms with E-state index in [0.717, 1.165) is 0 Å². The highest BCUT2D eigenvalue weighted by Crippen LogP contribution is 2.10. The minimum atomic E-state index is -2.31. The maximum Gasteiger partial charge on any atom is 0.222 e. The zero-order chi connectivity index (χ0) is 17.0. The van der Waals surface area contributed by atoms with E-state index in [9.17, 15) is 0 Å². The summed E-state index contributed by atoms with van der Waals surface area (Å²) in [6, 6.07) is 32.8. The molecule has 0 aromatic heterocycles. The molecule has 0 aliphatic rings. The van der Waals surface area contributed by atoms with Crippen LogP contribution < -0.4 is 20.5 Å². The standard InChI is InChI=1S/C22H25NSi/c1-22(2,3)23-24(19-13-7-4-8-14-19,20-15-9-5-10-16-20)21-17-11-6-12-18-21/h4-18,23H,1-3H3. The molecule has 0 fully saturated rings. The van der Waals surface area contributed by atoms with Crippen LogP contribution in [-0.4, -0.2) is 13.8 Å². The van der Waals surface area contributed by atoms with E-state index < -0.39 is 8.24 Å². The first-order valence-electron chi connectivity index (χ1n) is 8.48. The fraction of sp³-hybridized carbons (Fsp3) is 0.182. The fourth-order valence-corrected chi connectivity index (χ4v) is 7.98. The normalized spacial score (nSPS) is 12.1. The minimum Gasteiger partial charge on any atom is -0.322 e. The summed E-state index contributed by atoms with van der Waals surface area (Å²) in [5.74, 6) is 0. The van der Waals surface area contributed by atoms with Gasteiger partial charge in [0.2, 0.25) is 8.24 Å². The van der Waals surface area contributed by atoms with Crippen LogP contribution in [0.4, 0.5) is 0 Å². The average Bonchev–Trinajstić information content (AvgIpc) is 2.61. The van der Waals surface area contributed by atoms with E-state index >= 15 is 0 Å². The van der Waals surface area contributed by atoms with Gasteiger partial charge in [-0.3, -0.25) is 0 Å². The van der Waals surface area contributed by atoms with Crippen molar-refractivity contribution in [3.8, 4) is 0 Å². The molecule has 2 heteroatoms. The molecule has 0 radical (unpaired) electrons. The molecule has 3 aromatic rings. The van der Waals surface area contributed by atoms with Crippen LogP contribution in [-0.2, 0) is 0 Å². The van der Waals surface area contributed by atoms with Gasteiger partial charge in [0.1, 0.15) is 0 Å². The SMILES string of the molecule is CC(C)(C)N[Si](c1ccccc1)(c1ccccc1)c1ccccc1. The topological polar surface area (TPSA) is 12.0 Å². The fourth-order valence-electron chi connectivity index (χ4n) is 3.34. The number of nitrogens with one attached hydrogen (secondary N) is 1. The van der Waals surface area contributed by atoms with Crippen LogP contribution in [0.2, 0.25) is 0 Å². The lowest BCUT2D eigenvalue weighted by atomic mass is 10.1. The Kier molecular flexibility index (Phi) is 4.70. The second-order valence-corrected chi connectivity index (χ2v) is 10.7. The van der Waals surface area contributed by atoms with Crippen LogP contribution in [0.15, 0.2) is 91.0 Å². The molecule has 0 bridgehead atoms. The summed E-state index contributed by atoms with van der Waals surface area (Å²) in [7, 11) is -2.31. The van der Waals surface area contributed by atoms with E-state index in [4.69, 9.17) is 0 Å². The maximum atomic E-state index is 4.06. The predicted octanol–water partition coefficient (Wildman–Crippen LogP) is 3.04. The van der Waals surface area contributed by atoms with E-state index in [1.807, 2.05) is 0 Å². The van der Waals surface area contributed by atoms with Crippen LogP contribution in [0, 0.1) is 0 Å². The third-order valence-electron chi connectivity index (χ3n) is 4.18. The summed E-state index contributed by atoms with van der Waals surface area (Å²) >= 11 is 0. The molecule has 0 aliphatic carbocycles. The van der Waals surface area contributed by atoms with Gasteiger partial charge in [-0.05, 0) is 36.3 Å². The smallest absolute Gasteiger partial charge is 0.222 e. The number of rotatable bonds is 4. The Labute approximate surface area is 146 Å². The van der Waals surface area contributed by atoms with Crippen LogP contribution in [0.1, 0.15) is 20.8 Å². The van der Waals surface area contributed by atoms with E-state index in [0.29, 0.717) is 0 Å². The predicted molar refractivity (Wildman–Crippen MR) is 107 cm³/mol. The van der Waals surface area contributed by atoms with Crippen LogP contribution >= 0.6 is 0 Å². The molecule has 0 amide bonds. The molecule has 1 nitrogen and oxygen atoms in total.